The number of amides is 1. The van der Waals surface area contributed by atoms with Gasteiger partial charge in [0.2, 0.25) is 5.91 Å². The van der Waals surface area contributed by atoms with Gasteiger partial charge in [0.15, 0.2) is 6.61 Å². The number of halogens is 2. The second-order valence-electron chi connectivity index (χ2n) is 4.91. The number of hydrogen-bond acceptors (Lipinski definition) is 4. The molecular formula is C17H14ClFN2O3. The van der Waals surface area contributed by atoms with E-state index in [4.69, 9.17) is 21.6 Å². The maximum atomic E-state index is 13.2. The van der Waals surface area contributed by atoms with E-state index in [9.17, 15) is 14.3 Å². The van der Waals surface area contributed by atoms with Gasteiger partial charge in [-0.2, -0.15) is 5.26 Å². The van der Waals surface area contributed by atoms with E-state index in [1.54, 1.807) is 30.3 Å². The lowest BCUT2D eigenvalue weighted by Crippen LogP contribution is -2.16. The second kappa shape index (κ2) is 8.29. The molecule has 124 valence electrons. The fraction of sp³-hybridized carbons (Fsp3) is 0.176. The molecule has 0 aromatic heterocycles. The zero-order valence-corrected chi connectivity index (χ0v) is 13.3. The average molecular weight is 349 g/mol. The van der Waals surface area contributed by atoms with Gasteiger partial charge in [-0.15, -0.1) is 0 Å². The Morgan fingerprint density at radius 1 is 1.33 bits per heavy atom. The third-order valence-electron chi connectivity index (χ3n) is 3.14. The lowest BCUT2D eigenvalue weighted by atomic mass is 10.1. The van der Waals surface area contributed by atoms with Crippen molar-refractivity contribution >= 4 is 23.2 Å². The van der Waals surface area contributed by atoms with Crippen molar-refractivity contribution < 1.29 is 19.0 Å². The van der Waals surface area contributed by atoms with Crippen LogP contribution in [0.4, 0.5) is 10.1 Å². The minimum absolute atomic E-state index is 0.0471. The summed E-state index contributed by atoms with van der Waals surface area (Å²) in [4.78, 5) is 12.1. The summed E-state index contributed by atoms with van der Waals surface area (Å²) >= 11 is 5.77. The number of nitriles is 1. The number of carbonyl (C=O) groups excluding carboxylic acids is 1. The van der Waals surface area contributed by atoms with Gasteiger partial charge in [0.05, 0.1) is 18.2 Å². The Hall–Kier alpha value is -2.62. The number of carbonyl (C=O) groups is 1. The number of ether oxygens (including phenoxy) is 1. The quantitative estimate of drug-likeness (QED) is 0.837. The summed E-state index contributed by atoms with van der Waals surface area (Å²) in [7, 11) is 0. The largest absolute Gasteiger partial charge is 0.476 e. The van der Waals surface area contributed by atoms with Crippen LogP contribution in [-0.2, 0) is 4.79 Å². The maximum Gasteiger partial charge on any atom is 0.227 e. The Balaban J connectivity index is 2.04. The summed E-state index contributed by atoms with van der Waals surface area (Å²) < 4.78 is 18.3. The van der Waals surface area contributed by atoms with Crippen molar-refractivity contribution in [1.29, 1.82) is 5.26 Å². The van der Waals surface area contributed by atoms with Crippen LogP contribution in [0.1, 0.15) is 18.1 Å². The van der Waals surface area contributed by atoms with Crippen molar-refractivity contribution in [3.63, 3.8) is 0 Å². The van der Waals surface area contributed by atoms with Gasteiger partial charge in [0.25, 0.3) is 0 Å². The number of rotatable bonds is 6. The number of hydrogen-bond donors (Lipinski definition) is 2. The summed E-state index contributed by atoms with van der Waals surface area (Å²) in [5, 5.41) is 21.7. The monoisotopic (exact) mass is 348 g/mol. The van der Waals surface area contributed by atoms with Crippen molar-refractivity contribution in [2.45, 2.75) is 12.5 Å². The fourth-order valence-electron chi connectivity index (χ4n) is 2.01. The van der Waals surface area contributed by atoms with E-state index in [-0.39, 0.29) is 24.5 Å². The number of nitrogens with one attached hydrogen (secondary N) is 1. The summed E-state index contributed by atoms with van der Waals surface area (Å²) in [6, 6.07) is 11.8. The van der Waals surface area contributed by atoms with Crippen LogP contribution in [0.3, 0.4) is 0 Å². The second-order valence-corrected chi connectivity index (χ2v) is 5.34. The van der Waals surface area contributed by atoms with Crippen molar-refractivity contribution in [3.05, 3.63) is 58.9 Å². The highest BCUT2D eigenvalue weighted by atomic mass is 35.5. The number of nitrogens with zero attached hydrogens (tertiary/aromatic N) is 1. The number of aliphatic hydroxyl groups excluding tert-OH is 1. The van der Waals surface area contributed by atoms with E-state index in [1.807, 2.05) is 0 Å². The van der Waals surface area contributed by atoms with E-state index >= 15 is 0 Å². The average Bonchev–Trinajstić information content (AvgIpc) is 2.55. The highest BCUT2D eigenvalue weighted by Crippen LogP contribution is 2.26. The maximum absolute atomic E-state index is 13.2. The number of benzene rings is 2. The zero-order chi connectivity index (χ0) is 17.5. The summed E-state index contributed by atoms with van der Waals surface area (Å²) in [5.41, 5.74) is 0.773. The van der Waals surface area contributed by atoms with E-state index in [0.717, 1.165) is 12.1 Å². The first-order chi connectivity index (χ1) is 11.5. The molecule has 24 heavy (non-hydrogen) atoms. The van der Waals surface area contributed by atoms with Crippen LogP contribution in [0.25, 0.3) is 0 Å². The fourth-order valence-corrected chi connectivity index (χ4v) is 2.13. The van der Waals surface area contributed by atoms with E-state index in [1.165, 1.54) is 6.07 Å². The topological polar surface area (TPSA) is 82.3 Å². The molecule has 0 fully saturated rings. The van der Waals surface area contributed by atoms with E-state index in [0.29, 0.717) is 10.6 Å². The third-order valence-corrected chi connectivity index (χ3v) is 3.40. The Kier molecular flexibility index (Phi) is 6.13. The highest BCUT2D eigenvalue weighted by molar-refractivity contribution is 6.30. The predicted octanol–water partition coefficient (Wildman–Crippen LogP) is 3.44. The van der Waals surface area contributed by atoms with Gasteiger partial charge < -0.3 is 15.2 Å². The molecule has 0 radical (unpaired) electrons. The highest BCUT2D eigenvalue weighted by Gasteiger charge is 2.15. The molecule has 0 aliphatic heterocycles. The predicted molar refractivity (Wildman–Crippen MR) is 87.2 cm³/mol. The first-order valence-electron chi connectivity index (χ1n) is 7.02. The van der Waals surface area contributed by atoms with Crippen molar-refractivity contribution in [2.24, 2.45) is 0 Å². The van der Waals surface area contributed by atoms with Crippen LogP contribution in [0.15, 0.2) is 42.5 Å². The minimum Gasteiger partial charge on any atom is -0.476 e. The van der Waals surface area contributed by atoms with Gasteiger partial charge in [0, 0.05) is 11.1 Å². The Labute approximate surface area is 143 Å². The third kappa shape index (κ3) is 4.95. The number of anilines is 1. The van der Waals surface area contributed by atoms with Gasteiger partial charge >= 0.3 is 0 Å². The minimum atomic E-state index is -1.01. The van der Waals surface area contributed by atoms with Crippen LogP contribution < -0.4 is 10.1 Å². The molecule has 2 aromatic rings. The lowest BCUT2D eigenvalue weighted by Gasteiger charge is -2.13. The van der Waals surface area contributed by atoms with Gasteiger partial charge in [0.1, 0.15) is 17.6 Å². The Morgan fingerprint density at radius 2 is 2.04 bits per heavy atom. The van der Waals surface area contributed by atoms with E-state index < -0.39 is 17.8 Å². The summed E-state index contributed by atoms with van der Waals surface area (Å²) in [6.07, 6.45) is -1.21. The van der Waals surface area contributed by atoms with Crippen LogP contribution >= 0.6 is 11.6 Å². The van der Waals surface area contributed by atoms with Crippen LogP contribution in [-0.4, -0.2) is 17.6 Å². The van der Waals surface area contributed by atoms with Crippen molar-refractivity contribution in [2.75, 3.05) is 11.9 Å². The molecule has 0 aliphatic carbocycles. The smallest absolute Gasteiger partial charge is 0.227 e. The van der Waals surface area contributed by atoms with Gasteiger partial charge in [-0.3, -0.25) is 4.79 Å². The first-order valence-corrected chi connectivity index (χ1v) is 7.40. The molecule has 1 unspecified atom stereocenters. The molecular weight excluding hydrogens is 335 g/mol. The van der Waals surface area contributed by atoms with Crippen LogP contribution in [0.2, 0.25) is 5.02 Å². The Morgan fingerprint density at radius 3 is 2.71 bits per heavy atom. The van der Waals surface area contributed by atoms with Gasteiger partial charge in [-0.05, 0) is 29.8 Å². The van der Waals surface area contributed by atoms with Crippen LogP contribution in [0, 0.1) is 17.1 Å². The summed E-state index contributed by atoms with van der Waals surface area (Å²) in [5.74, 6) is -0.987. The first kappa shape index (κ1) is 17.7. The zero-order valence-electron chi connectivity index (χ0n) is 12.5. The SMILES string of the molecule is N#CCOc1cc(F)ccc1NC(=O)CC(O)c1ccc(Cl)cc1. The normalized spacial score (nSPS) is 11.4. The van der Waals surface area contributed by atoms with Gasteiger partial charge in [-0.1, -0.05) is 23.7 Å². The molecule has 2 aromatic carbocycles. The lowest BCUT2D eigenvalue weighted by molar-refractivity contribution is -0.118. The summed E-state index contributed by atoms with van der Waals surface area (Å²) in [6.45, 7) is -0.278. The molecule has 0 saturated carbocycles. The molecule has 2 rings (SSSR count). The van der Waals surface area contributed by atoms with Crippen molar-refractivity contribution in [1.82, 2.24) is 0 Å². The molecule has 1 atom stereocenters. The van der Waals surface area contributed by atoms with E-state index in [2.05, 4.69) is 5.32 Å². The Bertz CT molecular complexity index is 759. The molecule has 7 heteroatoms. The molecule has 0 heterocycles. The van der Waals surface area contributed by atoms with Crippen LogP contribution in [0.5, 0.6) is 5.75 Å². The molecule has 5 nitrogen and oxygen atoms in total. The molecule has 2 N–H and O–H groups in total. The van der Waals surface area contributed by atoms with Crippen molar-refractivity contribution in [3.8, 4) is 11.8 Å². The molecule has 0 bridgehead atoms. The molecule has 0 aliphatic rings. The number of aliphatic hydroxyl groups is 1. The van der Waals surface area contributed by atoms with Gasteiger partial charge in [-0.25, -0.2) is 4.39 Å². The molecule has 0 saturated heterocycles. The molecule has 0 spiro atoms. The molecule has 1 amide bonds. The standard InChI is InChI=1S/C17H14ClFN2O3/c18-12-3-1-11(2-4-12)15(22)10-17(23)21-14-6-5-13(19)9-16(14)24-8-7-20/h1-6,9,15,22H,8,10H2,(H,21,23).